The molecule has 2 aromatic heterocycles. The monoisotopic (exact) mass is 293 g/mol. The van der Waals surface area contributed by atoms with Gasteiger partial charge in [0.15, 0.2) is 5.82 Å². The number of hydrazine groups is 2. The number of rotatable bonds is 3. The van der Waals surface area contributed by atoms with E-state index in [0.717, 1.165) is 22.6 Å². The zero-order chi connectivity index (χ0) is 14.9. The number of nitrogen functional groups attached to an aromatic ring is 1. The highest BCUT2D eigenvalue weighted by Gasteiger charge is 2.17. The second-order valence-electron chi connectivity index (χ2n) is 5.07. The van der Waals surface area contributed by atoms with Gasteiger partial charge in [-0.25, -0.2) is 9.67 Å². The number of anilines is 3. The number of hydrogen-bond acceptors (Lipinski definition) is 6. The molecule has 0 radical (unpaired) electrons. The molecule has 4 rings (SSSR count). The summed E-state index contributed by atoms with van der Waals surface area (Å²) < 4.78 is 1.87. The molecule has 0 unspecified atom stereocenters. The third kappa shape index (κ3) is 2.23. The summed E-state index contributed by atoms with van der Waals surface area (Å²) in [6.07, 6.45) is 2.63. The van der Waals surface area contributed by atoms with Crippen molar-refractivity contribution in [2.75, 3.05) is 16.6 Å². The van der Waals surface area contributed by atoms with Gasteiger partial charge in [-0.15, -0.1) is 5.53 Å². The summed E-state index contributed by atoms with van der Waals surface area (Å²) in [5, 5.41) is 4.62. The summed E-state index contributed by atoms with van der Waals surface area (Å²) in [4.78, 5) is 4.22. The zero-order valence-corrected chi connectivity index (χ0v) is 11.7. The van der Waals surface area contributed by atoms with Gasteiger partial charge in [-0.2, -0.15) is 5.10 Å². The molecule has 0 saturated heterocycles. The first-order valence-electron chi connectivity index (χ1n) is 6.96. The summed E-state index contributed by atoms with van der Waals surface area (Å²) in [5.74, 6) is 1.19. The fourth-order valence-electron chi connectivity index (χ4n) is 2.52. The SMILES string of the molecule is Nc1cc(Cc2ccn(-c3ccccc3)n2)c2c(n1)NNN2. The number of nitrogens with two attached hydrogens (primary N) is 1. The molecule has 0 aliphatic carbocycles. The van der Waals surface area contributed by atoms with Gasteiger partial charge in [0.25, 0.3) is 0 Å². The Morgan fingerprint density at radius 2 is 1.95 bits per heavy atom. The van der Waals surface area contributed by atoms with Crippen LogP contribution < -0.4 is 22.1 Å². The van der Waals surface area contributed by atoms with Crippen molar-refractivity contribution in [3.05, 3.63) is 59.9 Å². The van der Waals surface area contributed by atoms with Gasteiger partial charge >= 0.3 is 0 Å². The number of para-hydroxylation sites is 1. The fourth-order valence-corrected chi connectivity index (χ4v) is 2.52. The Hall–Kier alpha value is -3.06. The molecule has 22 heavy (non-hydrogen) atoms. The molecule has 0 atom stereocenters. The van der Waals surface area contributed by atoms with Crippen molar-refractivity contribution >= 4 is 17.3 Å². The maximum Gasteiger partial charge on any atom is 0.169 e. The maximum absolute atomic E-state index is 5.85. The number of pyridine rings is 1. The topological polar surface area (TPSA) is 92.8 Å². The van der Waals surface area contributed by atoms with E-state index < -0.39 is 0 Å². The highest BCUT2D eigenvalue weighted by atomic mass is 15.6. The first-order chi connectivity index (χ1) is 10.8. The van der Waals surface area contributed by atoms with Crippen LogP contribution in [0.3, 0.4) is 0 Å². The third-order valence-electron chi connectivity index (χ3n) is 3.53. The Labute approximate surface area is 127 Å². The maximum atomic E-state index is 5.85. The molecule has 0 saturated carbocycles. The minimum absolute atomic E-state index is 0.481. The van der Waals surface area contributed by atoms with Crippen LogP contribution in [-0.2, 0) is 6.42 Å². The lowest BCUT2D eigenvalue weighted by Crippen LogP contribution is -2.19. The normalized spacial score (nSPS) is 12.5. The Kier molecular flexibility index (Phi) is 2.90. The first-order valence-corrected chi connectivity index (χ1v) is 6.96. The van der Waals surface area contributed by atoms with Crippen LogP contribution in [0.1, 0.15) is 11.3 Å². The summed E-state index contributed by atoms with van der Waals surface area (Å²) in [7, 11) is 0. The molecular formula is C15H15N7. The summed E-state index contributed by atoms with van der Waals surface area (Å²) >= 11 is 0. The van der Waals surface area contributed by atoms with Crippen molar-refractivity contribution < 1.29 is 0 Å². The number of nitrogens with zero attached hydrogens (tertiary/aromatic N) is 3. The van der Waals surface area contributed by atoms with Crippen molar-refractivity contribution in [1.82, 2.24) is 20.3 Å². The van der Waals surface area contributed by atoms with Gasteiger partial charge in [0.05, 0.1) is 17.1 Å². The van der Waals surface area contributed by atoms with Crippen LogP contribution in [0.2, 0.25) is 0 Å². The Morgan fingerprint density at radius 3 is 2.82 bits per heavy atom. The Bertz CT molecular complexity index is 810. The van der Waals surface area contributed by atoms with Crippen LogP contribution in [0.15, 0.2) is 48.7 Å². The lowest BCUT2D eigenvalue weighted by atomic mass is 10.1. The van der Waals surface area contributed by atoms with Crippen LogP contribution in [-0.4, -0.2) is 14.8 Å². The van der Waals surface area contributed by atoms with E-state index in [1.165, 1.54) is 0 Å². The predicted octanol–water partition coefficient (Wildman–Crippen LogP) is 1.70. The lowest BCUT2D eigenvalue weighted by molar-refractivity contribution is 0.848. The minimum atomic E-state index is 0.481. The molecule has 0 spiro atoms. The molecule has 7 heteroatoms. The van der Waals surface area contributed by atoms with Crippen LogP contribution >= 0.6 is 0 Å². The molecule has 0 fully saturated rings. The van der Waals surface area contributed by atoms with Gasteiger partial charge in [-0.05, 0) is 29.8 Å². The van der Waals surface area contributed by atoms with Gasteiger partial charge < -0.3 is 11.2 Å². The average Bonchev–Trinajstić information content (AvgIpc) is 3.17. The molecule has 1 aliphatic heterocycles. The van der Waals surface area contributed by atoms with Crippen molar-refractivity contribution in [3.63, 3.8) is 0 Å². The molecular weight excluding hydrogens is 278 g/mol. The molecule has 3 heterocycles. The molecule has 0 bridgehead atoms. The number of nitrogens with one attached hydrogen (secondary N) is 3. The molecule has 5 N–H and O–H groups in total. The average molecular weight is 293 g/mol. The smallest absolute Gasteiger partial charge is 0.169 e. The first kappa shape index (κ1) is 12.7. The van der Waals surface area contributed by atoms with E-state index in [4.69, 9.17) is 5.73 Å². The number of fused-ring (bicyclic) bond motifs is 1. The van der Waals surface area contributed by atoms with Crippen LogP contribution in [0, 0.1) is 0 Å². The number of benzene rings is 1. The molecule has 0 amide bonds. The molecule has 3 aromatic rings. The van der Waals surface area contributed by atoms with Crippen molar-refractivity contribution in [3.8, 4) is 5.69 Å². The van der Waals surface area contributed by atoms with Gasteiger partial charge in [-0.1, -0.05) is 18.2 Å². The van der Waals surface area contributed by atoms with E-state index >= 15 is 0 Å². The van der Waals surface area contributed by atoms with E-state index in [1.807, 2.05) is 53.3 Å². The predicted molar refractivity (Wildman–Crippen MR) is 85.4 cm³/mol. The minimum Gasteiger partial charge on any atom is -0.384 e. The van der Waals surface area contributed by atoms with Crippen molar-refractivity contribution in [1.29, 1.82) is 0 Å². The van der Waals surface area contributed by atoms with Crippen molar-refractivity contribution in [2.45, 2.75) is 6.42 Å². The highest BCUT2D eigenvalue weighted by Crippen LogP contribution is 2.29. The summed E-state index contributed by atoms with van der Waals surface area (Å²) in [6.45, 7) is 0. The number of aromatic nitrogens is 3. The molecule has 7 nitrogen and oxygen atoms in total. The van der Waals surface area contributed by atoms with E-state index in [1.54, 1.807) is 0 Å². The Balaban J connectivity index is 1.64. The van der Waals surface area contributed by atoms with Crippen LogP contribution in [0.25, 0.3) is 5.69 Å². The largest absolute Gasteiger partial charge is 0.384 e. The molecule has 110 valence electrons. The van der Waals surface area contributed by atoms with Gasteiger partial charge in [0, 0.05) is 12.6 Å². The standard InChI is InChI=1S/C15H15N7/c16-13-9-10(14-15(17-13)19-21-18-14)8-11-6-7-22(20-11)12-4-2-1-3-5-12/h1-7,9,18,21H,8H2,(H3,16,17,19). The lowest BCUT2D eigenvalue weighted by Gasteiger charge is -2.06. The fraction of sp³-hybridized carbons (Fsp3) is 0.0667. The molecule has 1 aromatic carbocycles. The summed E-state index contributed by atoms with van der Waals surface area (Å²) in [6, 6.07) is 13.9. The second-order valence-corrected chi connectivity index (χ2v) is 5.07. The van der Waals surface area contributed by atoms with E-state index in [2.05, 4.69) is 26.5 Å². The van der Waals surface area contributed by atoms with E-state index in [9.17, 15) is 0 Å². The van der Waals surface area contributed by atoms with Gasteiger partial charge in [-0.3, -0.25) is 5.43 Å². The summed E-state index contributed by atoms with van der Waals surface area (Å²) in [5.41, 5.74) is 18.6. The third-order valence-corrected chi connectivity index (χ3v) is 3.53. The van der Waals surface area contributed by atoms with E-state index in [0.29, 0.717) is 18.1 Å². The second kappa shape index (κ2) is 5.05. The molecule has 1 aliphatic rings. The van der Waals surface area contributed by atoms with Gasteiger partial charge in [0.2, 0.25) is 0 Å². The van der Waals surface area contributed by atoms with Gasteiger partial charge in [0.1, 0.15) is 5.82 Å². The quantitative estimate of drug-likeness (QED) is 0.587. The van der Waals surface area contributed by atoms with E-state index in [-0.39, 0.29) is 0 Å². The zero-order valence-electron chi connectivity index (χ0n) is 11.7. The van der Waals surface area contributed by atoms with Crippen LogP contribution in [0.5, 0.6) is 0 Å². The van der Waals surface area contributed by atoms with Crippen LogP contribution in [0.4, 0.5) is 17.3 Å². The number of hydrogen-bond donors (Lipinski definition) is 4. The Morgan fingerprint density at radius 1 is 1.09 bits per heavy atom. The highest BCUT2D eigenvalue weighted by molar-refractivity contribution is 5.74. The van der Waals surface area contributed by atoms with Crippen molar-refractivity contribution in [2.24, 2.45) is 0 Å².